The predicted molar refractivity (Wildman–Crippen MR) is 81.1 cm³/mol. The number of carbonyl (C=O) groups is 1. The standard InChI is InChI=1S/C17H24N2O/c1-12(2)11-14-15(17(14,3)4)16(20)19-10-8-13-7-5-6-9-18-13/h5-7,9,11,14-15H,8,10H2,1-4H3,(H,19,20)/t14-,15+/m1/s1. The van der Waals surface area contributed by atoms with E-state index in [-0.39, 0.29) is 17.2 Å². The van der Waals surface area contributed by atoms with Crippen molar-refractivity contribution in [3.8, 4) is 0 Å². The van der Waals surface area contributed by atoms with E-state index in [1.54, 1.807) is 6.20 Å². The minimum atomic E-state index is 0.0896. The normalized spacial score (nSPS) is 23.0. The fourth-order valence-electron chi connectivity index (χ4n) is 2.82. The summed E-state index contributed by atoms with van der Waals surface area (Å²) in [6, 6.07) is 5.86. The van der Waals surface area contributed by atoms with Crippen molar-refractivity contribution in [2.24, 2.45) is 17.3 Å². The zero-order valence-electron chi connectivity index (χ0n) is 12.8. The molecule has 1 fully saturated rings. The summed E-state index contributed by atoms with van der Waals surface area (Å²) in [5.41, 5.74) is 2.39. The zero-order valence-corrected chi connectivity index (χ0v) is 12.8. The molecule has 1 aliphatic rings. The average molecular weight is 272 g/mol. The van der Waals surface area contributed by atoms with Gasteiger partial charge in [-0.2, -0.15) is 0 Å². The Bertz CT molecular complexity index is 501. The van der Waals surface area contributed by atoms with Crippen LogP contribution in [-0.2, 0) is 11.2 Å². The van der Waals surface area contributed by atoms with Gasteiger partial charge in [-0.25, -0.2) is 0 Å². The Kier molecular flexibility index (Phi) is 4.26. The van der Waals surface area contributed by atoms with Gasteiger partial charge in [-0.1, -0.05) is 31.6 Å². The molecule has 0 saturated heterocycles. The number of nitrogens with zero attached hydrogens (tertiary/aromatic N) is 1. The molecule has 3 nitrogen and oxygen atoms in total. The van der Waals surface area contributed by atoms with Crippen molar-refractivity contribution in [3.63, 3.8) is 0 Å². The van der Waals surface area contributed by atoms with E-state index in [0.717, 1.165) is 12.1 Å². The molecule has 1 aromatic heterocycles. The molecule has 3 heteroatoms. The van der Waals surface area contributed by atoms with Crippen molar-refractivity contribution >= 4 is 5.91 Å². The van der Waals surface area contributed by atoms with Crippen LogP contribution in [0, 0.1) is 17.3 Å². The molecule has 0 radical (unpaired) electrons. The predicted octanol–water partition coefficient (Wildman–Crippen LogP) is 2.98. The second-order valence-corrected chi connectivity index (χ2v) is 6.43. The van der Waals surface area contributed by atoms with Crippen LogP contribution in [0.5, 0.6) is 0 Å². The molecule has 1 aromatic rings. The van der Waals surface area contributed by atoms with Gasteiger partial charge < -0.3 is 5.32 Å². The van der Waals surface area contributed by atoms with Gasteiger partial charge in [0.05, 0.1) is 5.92 Å². The first kappa shape index (κ1) is 14.8. The highest BCUT2D eigenvalue weighted by molar-refractivity contribution is 5.83. The molecule has 0 aliphatic heterocycles. The lowest BCUT2D eigenvalue weighted by atomic mass is 10.1. The zero-order chi connectivity index (χ0) is 14.8. The van der Waals surface area contributed by atoms with Gasteiger partial charge in [-0.05, 0) is 37.3 Å². The van der Waals surface area contributed by atoms with Gasteiger partial charge >= 0.3 is 0 Å². The quantitative estimate of drug-likeness (QED) is 0.837. The van der Waals surface area contributed by atoms with Crippen LogP contribution in [0.3, 0.4) is 0 Å². The van der Waals surface area contributed by atoms with Gasteiger partial charge in [-0.3, -0.25) is 9.78 Å². The van der Waals surface area contributed by atoms with Gasteiger partial charge in [-0.15, -0.1) is 0 Å². The molecule has 1 amide bonds. The molecule has 1 heterocycles. The molecule has 1 aliphatic carbocycles. The summed E-state index contributed by atoms with van der Waals surface area (Å²) in [5.74, 6) is 0.664. The number of nitrogens with one attached hydrogen (secondary N) is 1. The summed E-state index contributed by atoms with van der Waals surface area (Å²) in [5, 5.41) is 3.04. The number of rotatable bonds is 5. The fraction of sp³-hybridized carbons (Fsp3) is 0.529. The maximum absolute atomic E-state index is 12.2. The van der Waals surface area contributed by atoms with E-state index in [4.69, 9.17) is 0 Å². The van der Waals surface area contributed by atoms with Gasteiger partial charge in [0.2, 0.25) is 5.91 Å². The van der Waals surface area contributed by atoms with Gasteiger partial charge in [0, 0.05) is 24.9 Å². The monoisotopic (exact) mass is 272 g/mol. The molecular weight excluding hydrogens is 248 g/mol. The number of carbonyl (C=O) groups excluding carboxylic acids is 1. The van der Waals surface area contributed by atoms with Crippen LogP contribution < -0.4 is 5.32 Å². The van der Waals surface area contributed by atoms with Crippen LogP contribution in [0.4, 0.5) is 0 Å². The molecule has 1 N–H and O–H groups in total. The van der Waals surface area contributed by atoms with Crippen molar-refractivity contribution in [3.05, 3.63) is 41.7 Å². The lowest BCUT2D eigenvalue weighted by Crippen LogP contribution is -2.29. The van der Waals surface area contributed by atoms with Crippen LogP contribution in [0.2, 0.25) is 0 Å². The Morgan fingerprint density at radius 2 is 2.15 bits per heavy atom. The summed E-state index contributed by atoms with van der Waals surface area (Å²) < 4.78 is 0. The van der Waals surface area contributed by atoms with E-state index in [9.17, 15) is 4.79 Å². The molecule has 2 atom stereocenters. The first-order valence-electron chi connectivity index (χ1n) is 7.25. The Morgan fingerprint density at radius 1 is 1.40 bits per heavy atom. The number of allylic oxidation sites excluding steroid dienone is 2. The van der Waals surface area contributed by atoms with Gasteiger partial charge in [0.1, 0.15) is 0 Å². The van der Waals surface area contributed by atoms with Crippen LogP contribution >= 0.6 is 0 Å². The number of pyridine rings is 1. The maximum Gasteiger partial charge on any atom is 0.224 e. The SMILES string of the molecule is CC(C)=C[C@@H]1[C@@H](C(=O)NCCc2ccccn2)C1(C)C. The highest BCUT2D eigenvalue weighted by Gasteiger charge is 2.60. The third-order valence-electron chi connectivity index (χ3n) is 4.11. The molecule has 2 rings (SSSR count). The summed E-state index contributed by atoms with van der Waals surface area (Å²) in [7, 11) is 0. The van der Waals surface area contributed by atoms with Crippen molar-refractivity contribution in [2.45, 2.75) is 34.1 Å². The Hall–Kier alpha value is -1.64. The molecule has 20 heavy (non-hydrogen) atoms. The molecular formula is C17H24N2O. The van der Waals surface area contributed by atoms with E-state index in [1.807, 2.05) is 18.2 Å². The van der Waals surface area contributed by atoms with Gasteiger partial charge in [0.25, 0.3) is 0 Å². The largest absolute Gasteiger partial charge is 0.355 e. The van der Waals surface area contributed by atoms with E-state index >= 15 is 0 Å². The van der Waals surface area contributed by atoms with E-state index in [1.165, 1.54) is 5.57 Å². The van der Waals surface area contributed by atoms with E-state index < -0.39 is 0 Å². The Labute approximate surface area is 121 Å². The average Bonchev–Trinajstić information content (AvgIpc) is 2.91. The minimum absolute atomic E-state index is 0.0896. The third-order valence-corrected chi connectivity index (χ3v) is 4.11. The molecule has 108 valence electrons. The minimum Gasteiger partial charge on any atom is -0.355 e. The number of amides is 1. The number of hydrogen-bond acceptors (Lipinski definition) is 2. The van der Waals surface area contributed by atoms with Crippen molar-refractivity contribution in [1.29, 1.82) is 0 Å². The molecule has 0 bridgehead atoms. The van der Waals surface area contributed by atoms with Crippen LogP contribution in [0.1, 0.15) is 33.4 Å². The smallest absolute Gasteiger partial charge is 0.224 e. The second kappa shape index (κ2) is 5.78. The summed E-state index contributed by atoms with van der Waals surface area (Å²) in [6.45, 7) is 9.17. The van der Waals surface area contributed by atoms with E-state index in [2.05, 4.69) is 44.1 Å². The first-order valence-corrected chi connectivity index (χ1v) is 7.25. The van der Waals surface area contributed by atoms with Crippen LogP contribution in [0.15, 0.2) is 36.0 Å². The van der Waals surface area contributed by atoms with Crippen molar-refractivity contribution in [2.75, 3.05) is 6.54 Å². The van der Waals surface area contributed by atoms with Crippen LogP contribution in [0.25, 0.3) is 0 Å². The summed E-state index contributed by atoms with van der Waals surface area (Å²) in [6.07, 6.45) is 4.79. The number of hydrogen-bond donors (Lipinski definition) is 1. The number of aromatic nitrogens is 1. The molecule has 1 saturated carbocycles. The maximum atomic E-state index is 12.2. The fourth-order valence-corrected chi connectivity index (χ4v) is 2.82. The first-order chi connectivity index (χ1) is 9.43. The summed E-state index contributed by atoms with van der Waals surface area (Å²) in [4.78, 5) is 16.5. The third kappa shape index (κ3) is 3.27. The van der Waals surface area contributed by atoms with Crippen molar-refractivity contribution < 1.29 is 4.79 Å². The highest BCUT2D eigenvalue weighted by atomic mass is 16.2. The lowest BCUT2D eigenvalue weighted by molar-refractivity contribution is -0.123. The molecule has 0 unspecified atom stereocenters. The highest BCUT2D eigenvalue weighted by Crippen LogP contribution is 2.59. The van der Waals surface area contributed by atoms with E-state index in [0.29, 0.717) is 12.5 Å². The van der Waals surface area contributed by atoms with Crippen LogP contribution in [-0.4, -0.2) is 17.4 Å². The van der Waals surface area contributed by atoms with Crippen molar-refractivity contribution in [1.82, 2.24) is 10.3 Å². The molecule has 0 aromatic carbocycles. The van der Waals surface area contributed by atoms with Gasteiger partial charge in [0.15, 0.2) is 0 Å². The Morgan fingerprint density at radius 3 is 2.75 bits per heavy atom. The second-order valence-electron chi connectivity index (χ2n) is 6.43. The molecule has 0 spiro atoms. The topological polar surface area (TPSA) is 42.0 Å². The summed E-state index contributed by atoms with van der Waals surface area (Å²) >= 11 is 0. The Balaban J connectivity index is 1.83. The lowest BCUT2D eigenvalue weighted by Gasteiger charge is -2.05.